The van der Waals surface area contributed by atoms with Gasteiger partial charge in [-0.05, 0) is 53.1 Å². The molecule has 0 N–H and O–H groups in total. The van der Waals surface area contributed by atoms with Crippen LogP contribution in [-0.4, -0.2) is 0 Å². The van der Waals surface area contributed by atoms with E-state index in [9.17, 15) is 13.2 Å². The summed E-state index contributed by atoms with van der Waals surface area (Å²) < 4.78 is 42.7. The van der Waals surface area contributed by atoms with Crippen molar-refractivity contribution in [3.8, 4) is 11.1 Å². The molecule has 30 heavy (non-hydrogen) atoms. The average molecular weight is 409 g/mol. The molecule has 3 rings (SSSR count). The number of hydrogen-bond donors (Lipinski definition) is 0. The summed E-state index contributed by atoms with van der Waals surface area (Å²) in [6.07, 6.45) is 7.38. The van der Waals surface area contributed by atoms with Crippen LogP contribution in [0, 0.1) is 17.5 Å². The molecule has 0 saturated carbocycles. The Morgan fingerprint density at radius 2 is 1.37 bits per heavy atom. The van der Waals surface area contributed by atoms with Crippen LogP contribution in [0.2, 0.25) is 0 Å². The molecule has 0 aliphatic heterocycles. The second-order valence-electron chi connectivity index (χ2n) is 7.56. The Labute approximate surface area is 177 Å². The van der Waals surface area contributed by atoms with Gasteiger partial charge in [-0.15, -0.1) is 0 Å². The molecule has 0 spiro atoms. The van der Waals surface area contributed by atoms with Crippen molar-refractivity contribution in [3.05, 3.63) is 94.3 Å². The maximum atomic E-state index is 14.3. The van der Waals surface area contributed by atoms with E-state index in [0.29, 0.717) is 12.0 Å². The summed E-state index contributed by atoms with van der Waals surface area (Å²) in [6, 6.07) is 16.2. The summed E-state index contributed by atoms with van der Waals surface area (Å²) in [5, 5.41) is 0. The van der Waals surface area contributed by atoms with Crippen LogP contribution >= 0.6 is 0 Å². The first kappa shape index (κ1) is 21.9. The Morgan fingerprint density at radius 1 is 0.667 bits per heavy atom. The Kier molecular flexibility index (Phi) is 7.51. The number of benzene rings is 3. The lowest BCUT2D eigenvalue weighted by Crippen LogP contribution is -1.96. The van der Waals surface area contributed by atoms with Crippen molar-refractivity contribution in [2.75, 3.05) is 0 Å². The molecular weight excluding hydrogens is 381 g/mol. The Bertz CT molecular complexity index is 1020. The Balaban J connectivity index is 1.75. The fourth-order valence-corrected chi connectivity index (χ4v) is 3.47. The van der Waals surface area contributed by atoms with Gasteiger partial charge in [0.05, 0.1) is 0 Å². The zero-order valence-electron chi connectivity index (χ0n) is 17.5. The van der Waals surface area contributed by atoms with Crippen LogP contribution in [0.1, 0.15) is 55.4 Å². The highest BCUT2D eigenvalue weighted by molar-refractivity contribution is 5.72. The molecule has 0 fully saturated rings. The molecule has 0 heterocycles. The van der Waals surface area contributed by atoms with Crippen LogP contribution in [0.5, 0.6) is 0 Å². The molecule has 0 saturated heterocycles. The van der Waals surface area contributed by atoms with E-state index >= 15 is 0 Å². The molecule has 3 heteroatoms. The summed E-state index contributed by atoms with van der Waals surface area (Å²) in [5.74, 6) is -1.75. The molecule has 3 aromatic carbocycles. The monoisotopic (exact) mass is 408 g/mol. The van der Waals surface area contributed by atoms with Crippen molar-refractivity contribution < 1.29 is 13.2 Å². The second kappa shape index (κ2) is 10.3. The number of aryl methyl sites for hydroxylation is 2. The van der Waals surface area contributed by atoms with E-state index in [1.54, 1.807) is 30.4 Å². The molecule has 0 atom stereocenters. The molecule has 0 aliphatic carbocycles. The van der Waals surface area contributed by atoms with E-state index in [-0.39, 0.29) is 11.4 Å². The molecule has 3 aromatic rings. The van der Waals surface area contributed by atoms with Gasteiger partial charge < -0.3 is 0 Å². The van der Waals surface area contributed by atoms with E-state index in [0.717, 1.165) is 47.9 Å². The van der Waals surface area contributed by atoms with Gasteiger partial charge in [-0.3, -0.25) is 0 Å². The first-order chi connectivity index (χ1) is 14.5. The predicted octanol–water partition coefficient (Wildman–Crippen LogP) is 8.24. The average Bonchev–Trinajstić information content (AvgIpc) is 2.76. The van der Waals surface area contributed by atoms with Crippen LogP contribution in [0.25, 0.3) is 23.3 Å². The molecule has 0 amide bonds. The fraction of sp³-hybridized carbons (Fsp3) is 0.259. The van der Waals surface area contributed by atoms with Gasteiger partial charge in [0, 0.05) is 5.56 Å². The van der Waals surface area contributed by atoms with Gasteiger partial charge in [-0.2, -0.15) is 0 Å². The smallest absolute Gasteiger partial charge is 0.166 e. The molecule has 0 nitrogen and oxygen atoms in total. The Hall–Kier alpha value is -2.81. The summed E-state index contributed by atoms with van der Waals surface area (Å²) >= 11 is 0. The summed E-state index contributed by atoms with van der Waals surface area (Å²) in [5.41, 5.74) is 3.97. The molecule has 0 aliphatic rings. The van der Waals surface area contributed by atoms with Crippen molar-refractivity contribution in [2.24, 2.45) is 0 Å². The zero-order valence-corrected chi connectivity index (χ0v) is 17.5. The van der Waals surface area contributed by atoms with Crippen LogP contribution in [0.15, 0.2) is 54.6 Å². The third-order valence-corrected chi connectivity index (χ3v) is 5.26. The minimum absolute atomic E-state index is 0.172. The molecular formula is C27H27F3. The van der Waals surface area contributed by atoms with Gasteiger partial charge in [-0.25, -0.2) is 13.2 Å². The van der Waals surface area contributed by atoms with Crippen LogP contribution in [-0.2, 0) is 12.8 Å². The quantitative estimate of drug-likeness (QED) is 0.329. The second-order valence-corrected chi connectivity index (χ2v) is 7.56. The largest absolute Gasteiger partial charge is 0.207 e. The molecule has 0 bridgehead atoms. The number of halogens is 3. The van der Waals surface area contributed by atoms with Gasteiger partial charge in [0.2, 0.25) is 0 Å². The van der Waals surface area contributed by atoms with Crippen LogP contribution in [0.3, 0.4) is 0 Å². The van der Waals surface area contributed by atoms with Crippen molar-refractivity contribution in [1.82, 2.24) is 0 Å². The van der Waals surface area contributed by atoms with E-state index < -0.39 is 11.6 Å². The first-order valence-corrected chi connectivity index (χ1v) is 10.6. The maximum absolute atomic E-state index is 14.3. The molecule has 0 unspecified atom stereocenters. The minimum atomic E-state index is -0.813. The van der Waals surface area contributed by atoms with Crippen molar-refractivity contribution in [3.63, 3.8) is 0 Å². The maximum Gasteiger partial charge on any atom is 0.166 e. The third-order valence-electron chi connectivity index (χ3n) is 5.26. The van der Waals surface area contributed by atoms with E-state index in [1.165, 1.54) is 0 Å². The van der Waals surface area contributed by atoms with Crippen LogP contribution < -0.4 is 0 Å². The van der Waals surface area contributed by atoms with Crippen molar-refractivity contribution >= 4 is 12.2 Å². The summed E-state index contributed by atoms with van der Waals surface area (Å²) in [7, 11) is 0. The van der Waals surface area contributed by atoms with E-state index in [2.05, 4.69) is 6.92 Å². The van der Waals surface area contributed by atoms with Crippen molar-refractivity contribution in [1.29, 1.82) is 0 Å². The van der Waals surface area contributed by atoms with Gasteiger partial charge >= 0.3 is 0 Å². The van der Waals surface area contributed by atoms with Gasteiger partial charge in [0.1, 0.15) is 5.82 Å². The van der Waals surface area contributed by atoms with Gasteiger partial charge in [0.15, 0.2) is 11.6 Å². The van der Waals surface area contributed by atoms with E-state index in [4.69, 9.17) is 0 Å². The summed E-state index contributed by atoms with van der Waals surface area (Å²) in [4.78, 5) is 0. The molecule has 0 radical (unpaired) electrons. The summed E-state index contributed by atoms with van der Waals surface area (Å²) in [6.45, 7) is 4.03. The van der Waals surface area contributed by atoms with E-state index in [1.807, 2.05) is 43.3 Å². The third kappa shape index (κ3) is 5.21. The van der Waals surface area contributed by atoms with Crippen LogP contribution in [0.4, 0.5) is 13.2 Å². The minimum Gasteiger partial charge on any atom is -0.207 e. The number of rotatable bonds is 8. The molecule has 0 aromatic heterocycles. The first-order valence-electron chi connectivity index (χ1n) is 10.6. The fourth-order valence-electron chi connectivity index (χ4n) is 3.47. The highest BCUT2D eigenvalue weighted by Gasteiger charge is 2.11. The van der Waals surface area contributed by atoms with Crippen molar-refractivity contribution in [2.45, 2.75) is 46.0 Å². The lowest BCUT2D eigenvalue weighted by Gasteiger charge is -2.07. The standard InChI is InChI=1S/C27H27F3/c1-3-5-7-21-14-17-24(18-25(21)28)20-11-8-19(9-12-20)10-13-23-16-15-22(6-4-2)26(29)27(23)30/h8-18H,3-7H2,1-2H3/b13-10+. The topological polar surface area (TPSA) is 0 Å². The number of hydrogen-bond acceptors (Lipinski definition) is 0. The van der Waals surface area contributed by atoms with Gasteiger partial charge in [-0.1, -0.05) is 87.4 Å². The zero-order chi connectivity index (χ0) is 21.5. The predicted molar refractivity (Wildman–Crippen MR) is 120 cm³/mol. The number of unbranched alkanes of at least 4 members (excludes halogenated alkanes) is 1. The molecule has 156 valence electrons. The van der Waals surface area contributed by atoms with Gasteiger partial charge in [0.25, 0.3) is 0 Å². The lowest BCUT2D eigenvalue weighted by atomic mass is 10.00. The normalized spacial score (nSPS) is 11.4. The Morgan fingerprint density at radius 3 is 2.03 bits per heavy atom. The highest BCUT2D eigenvalue weighted by Crippen LogP contribution is 2.24. The highest BCUT2D eigenvalue weighted by atomic mass is 19.2. The lowest BCUT2D eigenvalue weighted by molar-refractivity contribution is 0.496. The SMILES string of the molecule is CCCCc1ccc(-c2ccc(/C=C/c3ccc(CCC)c(F)c3F)cc2)cc1F.